The smallest absolute Gasteiger partial charge is 0.199 e. The zero-order valence-electron chi connectivity index (χ0n) is 13.4. The van der Waals surface area contributed by atoms with Crippen LogP contribution in [0.1, 0.15) is 40.4 Å². The quantitative estimate of drug-likeness (QED) is 0.568. The maximum atomic E-state index is 12.9. The lowest BCUT2D eigenvalue weighted by molar-refractivity contribution is 0.103. The number of carbonyl (C=O) groups is 1. The second kappa shape index (κ2) is 7.05. The topological polar surface area (TPSA) is 95.9 Å². The first-order valence-corrected chi connectivity index (χ1v) is 8.71. The molecule has 4 rings (SSSR count). The summed E-state index contributed by atoms with van der Waals surface area (Å²) in [6, 6.07) is 3.15. The molecule has 0 saturated heterocycles. The SMILES string of the molecule is O=C(c1cnoc1C1CC1)c1ccc(Cl)c(OCCn2ncnn2)c1Cl. The third-order valence-electron chi connectivity index (χ3n) is 4.01. The standard InChI is InChI=1S/C16H13Cl2N5O3/c17-12-4-3-10(14(24)11-7-21-26-15(11)9-1-2-9)13(18)16(12)25-6-5-23-20-8-19-22-23/h3-4,7-9H,1-2,5-6H2. The summed E-state index contributed by atoms with van der Waals surface area (Å²) in [5.41, 5.74) is 0.713. The largest absolute Gasteiger partial charge is 0.488 e. The first kappa shape index (κ1) is 17.0. The Bertz CT molecular complexity index is 938. The van der Waals surface area contributed by atoms with Gasteiger partial charge < -0.3 is 9.26 Å². The zero-order valence-corrected chi connectivity index (χ0v) is 14.9. The number of ketones is 1. The normalized spacial score (nSPS) is 13.8. The molecule has 0 spiro atoms. The van der Waals surface area contributed by atoms with Gasteiger partial charge in [0.25, 0.3) is 0 Å². The summed E-state index contributed by atoms with van der Waals surface area (Å²) in [5, 5.41) is 15.5. The lowest BCUT2D eigenvalue weighted by atomic mass is 10.0. The third kappa shape index (κ3) is 3.30. The molecule has 2 aromatic heterocycles. The van der Waals surface area contributed by atoms with E-state index in [-0.39, 0.29) is 34.6 Å². The van der Waals surface area contributed by atoms with E-state index in [9.17, 15) is 4.79 Å². The van der Waals surface area contributed by atoms with Gasteiger partial charge in [-0.2, -0.15) is 4.80 Å². The molecule has 3 aromatic rings. The van der Waals surface area contributed by atoms with E-state index in [1.54, 1.807) is 12.1 Å². The van der Waals surface area contributed by atoms with E-state index in [4.69, 9.17) is 32.5 Å². The fourth-order valence-corrected chi connectivity index (χ4v) is 3.13. The molecule has 134 valence electrons. The molecular weight excluding hydrogens is 381 g/mol. The van der Waals surface area contributed by atoms with Crippen molar-refractivity contribution in [1.82, 2.24) is 25.4 Å². The maximum Gasteiger partial charge on any atom is 0.199 e. The molecule has 0 unspecified atom stereocenters. The van der Waals surface area contributed by atoms with Gasteiger partial charge in [0.05, 0.1) is 28.4 Å². The molecule has 0 radical (unpaired) electrons. The third-order valence-corrected chi connectivity index (χ3v) is 4.69. The van der Waals surface area contributed by atoms with E-state index >= 15 is 0 Å². The van der Waals surface area contributed by atoms with Crippen LogP contribution in [0.25, 0.3) is 0 Å². The van der Waals surface area contributed by atoms with Crippen molar-refractivity contribution in [2.75, 3.05) is 6.61 Å². The Labute approximate surface area is 158 Å². The van der Waals surface area contributed by atoms with Gasteiger partial charge in [-0.15, -0.1) is 10.2 Å². The number of tetrazole rings is 1. The number of nitrogens with zero attached hydrogens (tertiary/aromatic N) is 5. The van der Waals surface area contributed by atoms with Gasteiger partial charge in [0.2, 0.25) is 0 Å². The van der Waals surface area contributed by atoms with E-state index < -0.39 is 0 Å². The predicted molar refractivity (Wildman–Crippen MR) is 91.7 cm³/mol. The molecular formula is C16H13Cl2N5O3. The summed E-state index contributed by atoms with van der Waals surface area (Å²) < 4.78 is 10.9. The van der Waals surface area contributed by atoms with Gasteiger partial charge in [0, 0.05) is 11.5 Å². The maximum absolute atomic E-state index is 12.9. The second-order valence-electron chi connectivity index (χ2n) is 5.83. The number of carbonyl (C=O) groups excluding carboxylic acids is 1. The summed E-state index contributed by atoms with van der Waals surface area (Å²) in [6.45, 7) is 0.580. The molecule has 10 heteroatoms. The van der Waals surface area contributed by atoms with Crippen LogP contribution >= 0.6 is 23.2 Å². The Morgan fingerprint density at radius 3 is 2.88 bits per heavy atom. The van der Waals surface area contributed by atoms with Crippen LogP contribution in [0.3, 0.4) is 0 Å². The molecule has 1 saturated carbocycles. The summed E-state index contributed by atoms with van der Waals surface area (Å²) >= 11 is 12.6. The number of hydrogen-bond acceptors (Lipinski definition) is 7. The van der Waals surface area contributed by atoms with Crippen molar-refractivity contribution in [2.45, 2.75) is 25.3 Å². The van der Waals surface area contributed by atoms with Gasteiger partial charge in [0.1, 0.15) is 6.61 Å². The molecule has 0 aliphatic heterocycles. The van der Waals surface area contributed by atoms with Crippen molar-refractivity contribution in [1.29, 1.82) is 0 Å². The minimum absolute atomic E-state index is 0.150. The first-order chi connectivity index (χ1) is 12.6. The fraction of sp³-hybridized carbons (Fsp3) is 0.312. The van der Waals surface area contributed by atoms with Gasteiger partial charge >= 0.3 is 0 Å². The first-order valence-electron chi connectivity index (χ1n) is 7.96. The predicted octanol–water partition coefficient (Wildman–Crippen LogP) is 3.16. The molecule has 0 bridgehead atoms. The van der Waals surface area contributed by atoms with Gasteiger partial charge in [-0.05, 0) is 30.2 Å². The average molecular weight is 394 g/mol. The molecule has 2 heterocycles. The van der Waals surface area contributed by atoms with Crippen LogP contribution in [0, 0.1) is 0 Å². The van der Waals surface area contributed by atoms with E-state index in [2.05, 4.69) is 20.6 Å². The Morgan fingerprint density at radius 1 is 1.31 bits per heavy atom. The molecule has 0 amide bonds. The highest BCUT2D eigenvalue weighted by atomic mass is 35.5. The lowest BCUT2D eigenvalue weighted by Gasteiger charge is -2.12. The minimum atomic E-state index is -0.266. The lowest BCUT2D eigenvalue weighted by Crippen LogP contribution is -2.12. The summed E-state index contributed by atoms with van der Waals surface area (Å²) in [6.07, 6.45) is 4.75. The average Bonchev–Trinajstić information content (AvgIpc) is 3.14. The van der Waals surface area contributed by atoms with Gasteiger partial charge in [-0.3, -0.25) is 4.79 Å². The monoisotopic (exact) mass is 393 g/mol. The fourth-order valence-electron chi connectivity index (χ4n) is 2.56. The number of halogens is 2. The van der Waals surface area contributed by atoms with Crippen LogP contribution in [0.2, 0.25) is 10.0 Å². The second-order valence-corrected chi connectivity index (χ2v) is 6.61. The Balaban J connectivity index is 1.56. The Hall–Kier alpha value is -2.45. The highest BCUT2D eigenvalue weighted by Crippen LogP contribution is 2.43. The Morgan fingerprint density at radius 2 is 2.15 bits per heavy atom. The van der Waals surface area contributed by atoms with Crippen LogP contribution in [-0.4, -0.2) is 37.8 Å². The van der Waals surface area contributed by atoms with Gasteiger partial charge in [-0.1, -0.05) is 28.4 Å². The number of hydrogen-bond donors (Lipinski definition) is 0. The zero-order chi connectivity index (χ0) is 18.1. The number of rotatable bonds is 7. The van der Waals surface area contributed by atoms with Gasteiger partial charge in [-0.25, -0.2) is 0 Å². The van der Waals surface area contributed by atoms with Crippen LogP contribution in [0.15, 0.2) is 29.2 Å². The van der Waals surface area contributed by atoms with Gasteiger partial charge in [0.15, 0.2) is 23.6 Å². The number of ether oxygens (including phenoxy) is 1. The van der Waals surface area contributed by atoms with E-state index in [1.165, 1.54) is 17.3 Å². The van der Waals surface area contributed by atoms with Crippen LogP contribution in [0.4, 0.5) is 0 Å². The molecule has 0 N–H and O–H groups in total. The summed E-state index contributed by atoms with van der Waals surface area (Å²) in [7, 11) is 0. The molecule has 1 aliphatic rings. The van der Waals surface area contributed by atoms with Crippen LogP contribution in [-0.2, 0) is 6.54 Å². The molecule has 26 heavy (non-hydrogen) atoms. The van der Waals surface area contributed by atoms with Crippen molar-refractivity contribution < 1.29 is 14.1 Å². The molecule has 1 aromatic carbocycles. The molecule has 0 atom stereocenters. The molecule has 1 aliphatic carbocycles. The minimum Gasteiger partial charge on any atom is -0.488 e. The van der Waals surface area contributed by atoms with Crippen LogP contribution < -0.4 is 4.74 Å². The summed E-state index contributed by atoms with van der Waals surface area (Å²) in [4.78, 5) is 14.3. The van der Waals surface area contributed by atoms with Crippen molar-refractivity contribution in [3.8, 4) is 5.75 Å². The van der Waals surface area contributed by atoms with Crippen molar-refractivity contribution in [3.63, 3.8) is 0 Å². The highest BCUT2D eigenvalue weighted by molar-refractivity contribution is 6.40. The van der Waals surface area contributed by atoms with Crippen molar-refractivity contribution in [2.24, 2.45) is 0 Å². The molecule has 8 nitrogen and oxygen atoms in total. The van der Waals surface area contributed by atoms with E-state index in [0.29, 0.717) is 22.9 Å². The molecule has 1 fully saturated rings. The van der Waals surface area contributed by atoms with Crippen molar-refractivity contribution >= 4 is 29.0 Å². The number of aromatic nitrogens is 5. The van der Waals surface area contributed by atoms with E-state index in [0.717, 1.165) is 12.8 Å². The van der Waals surface area contributed by atoms with Crippen LogP contribution in [0.5, 0.6) is 5.75 Å². The highest BCUT2D eigenvalue weighted by Gasteiger charge is 2.33. The summed E-state index contributed by atoms with van der Waals surface area (Å²) in [5.74, 6) is 0.843. The Kier molecular flexibility index (Phi) is 4.60. The van der Waals surface area contributed by atoms with Crippen molar-refractivity contribution in [3.05, 3.63) is 51.6 Å². The number of benzene rings is 1. The van der Waals surface area contributed by atoms with E-state index in [1.807, 2.05) is 0 Å².